The van der Waals surface area contributed by atoms with Gasteiger partial charge in [0.25, 0.3) is 5.91 Å². The molecule has 28 heavy (non-hydrogen) atoms. The number of hydrogen-bond acceptors (Lipinski definition) is 3. The Morgan fingerprint density at radius 2 is 1.89 bits per heavy atom. The molecule has 3 aromatic rings. The van der Waals surface area contributed by atoms with E-state index in [0.29, 0.717) is 31.5 Å². The fourth-order valence-corrected chi connectivity index (χ4v) is 3.91. The molecule has 0 aliphatic carbocycles. The SMILES string of the molecule is Cc1ccc2nc(-c3cccn3C)cc(C(=O)N3CCC(C(N)=O)CC3)c2c1. The molecule has 2 amide bonds. The minimum absolute atomic E-state index is 0.0172. The summed E-state index contributed by atoms with van der Waals surface area (Å²) in [5.41, 5.74) is 9.71. The highest BCUT2D eigenvalue weighted by Crippen LogP contribution is 2.28. The second kappa shape index (κ2) is 7.11. The van der Waals surface area contributed by atoms with E-state index in [-0.39, 0.29) is 17.7 Å². The first-order valence-electron chi connectivity index (χ1n) is 9.56. The number of aryl methyl sites for hydroxylation is 2. The molecule has 0 radical (unpaired) electrons. The highest BCUT2D eigenvalue weighted by molar-refractivity contribution is 6.07. The van der Waals surface area contributed by atoms with Gasteiger partial charge in [-0.2, -0.15) is 0 Å². The second-order valence-corrected chi connectivity index (χ2v) is 7.55. The number of carbonyl (C=O) groups excluding carboxylic acids is 2. The zero-order valence-electron chi connectivity index (χ0n) is 16.2. The average Bonchev–Trinajstić information content (AvgIpc) is 3.12. The summed E-state index contributed by atoms with van der Waals surface area (Å²) in [5, 5.41) is 0.861. The molecule has 1 aromatic carbocycles. The first-order chi connectivity index (χ1) is 13.4. The van der Waals surface area contributed by atoms with Crippen LogP contribution >= 0.6 is 0 Å². The smallest absolute Gasteiger partial charge is 0.254 e. The van der Waals surface area contributed by atoms with E-state index in [9.17, 15) is 9.59 Å². The summed E-state index contributed by atoms with van der Waals surface area (Å²) in [7, 11) is 1.96. The molecular weight excluding hydrogens is 352 g/mol. The van der Waals surface area contributed by atoms with Gasteiger partial charge in [-0.05, 0) is 50.1 Å². The highest BCUT2D eigenvalue weighted by Gasteiger charge is 2.27. The van der Waals surface area contributed by atoms with Crippen molar-refractivity contribution in [3.63, 3.8) is 0 Å². The van der Waals surface area contributed by atoms with Gasteiger partial charge in [-0.3, -0.25) is 9.59 Å². The summed E-state index contributed by atoms with van der Waals surface area (Å²) in [6, 6.07) is 11.8. The maximum Gasteiger partial charge on any atom is 0.254 e. The van der Waals surface area contributed by atoms with E-state index < -0.39 is 0 Å². The molecule has 6 heteroatoms. The number of nitrogens with two attached hydrogens (primary N) is 1. The summed E-state index contributed by atoms with van der Waals surface area (Å²) in [5.74, 6) is -0.432. The Hall–Kier alpha value is -3.15. The van der Waals surface area contributed by atoms with E-state index in [4.69, 9.17) is 10.7 Å². The van der Waals surface area contributed by atoms with Gasteiger partial charge >= 0.3 is 0 Å². The standard InChI is InChI=1S/C22H24N4O2/c1-14-5-6-18-16(12-14)17(13-19(24-18)20-4-3-9-25(20)2)22(28)26-10-7-15(8-11-26)21(23)27/h3-6,9,12-13,15H,7-8,10-11H2,1-2H3,(H2,23,27). The van der Waals surface area contributed by atoms with Gasteiger partial charge in [0.15, 0.2) is 0 Å². The van der Waals surface area contributed by atoms with Gasteiger partial charge in [0.2, 0.25) is 5.91 Å². The van der Waals surface area contributed by atoms with Crippen LogP contribution in [-0.2, 0) is 11.8 Å². The van der Waals surface area contributed by atoms with E-state index in [2.05, 4.69) is 0 Å². The number of carbonyl (C=O) groups is 2. The van der Waals surface area contributed by atoms with Crippen LogP contribution in [0.1, 0.15) is 28.8 Å². The fourth-order valence-electron chi connectivity index (χ4n) is 3.91. The van der Waals surface area contributed by atoms with E-state index in [1.165, 1.54) is 0 Å². The largest absolute Gasteiger partial charge is 0.369 e. The molecule has 0 saturated carbocycles. The Kier molecular flexibility index (Phi) is 4.63. The Labute approximate surface area is 164 Å². The van der Waals surface area contributed by atoms with Crippen molar-refractivity contribution < 1.29 is 9.59 Å². The van der Waals surface area contributed by atoms with E-state index >= 15 is 0 Å². The van der Waals surface area contributed by atoms with Gasteiger partial charge in [0, 0.05) is 37.6 Å². The number of likely N-dealkylation sites (tertiary alicyclic amines) is 1. The lowest BCUT2D eigenvalue weighted by molar-refractivity contribution is -0.123. The normalized spacial score (nSPS) is 15.1. The van der Waals surface area contributed by atoms with E-state index in [1.54, 1.807) is 0 Å². The molecule has 0 spiro atoms. The molecule has 1 fully saturated rings. The summed E-state index contributed by atoms with van der Waals surface area (Å²) in [6.07, 6.45) is 3.20. The lowest BCUT2D eigenvalue weighted by Gasteiger charge is -2.31. The van der Waals surface area contributed by atoms with Gasteiger partial charge in [-0.25, -0.2) is 4.98 Å². The van der Waals surface area contributed by atoms with Crippen molar-refractivity contribution in [3.05, 3.63) is 53.7 Å². The fraction of sp³-hybridized carbons (Fsp3) is 0.318. The molecule has 1 aliphatic rings. The molecular formula is C22H24N4O2. The topological polar surface area (TPSA) is 81.2 Å². The number of hydrogen-bond donors (Lipinski definition) is 1. The van der Waals surface area contributed by atoms with Crippen molar-refractivity contribution in [3.8, 4) is 11.4 Å². The van der Waals surface area contributed by atoms with Crippen LogP contribution in [0.3, 0.4) is 0 Å². The van der Waals surface area contributed by atoms with Crippen LogP contribution in [0.2, 0.25) is 0 Å². The number of fused-ring (bicyclic) bond motifs is 1. The van der Waals surface area contributed by atoms with Crippen LogP contribution < -0.4 is 5.73 Å². The van der Waals surface area contributed by atoms with Crippen LogP contribution in [0.25, 0.3) is 22.3 Å². The molecule has 1 saturated heterocycles. The number of rotatable bonds is 3. The summed E-state index contributed by atoms with van der Waals surface area (Å²) >= 11 is 0. The third-order valence-corrected chi connectivity index (χ3v) is 5.59. The van der Waals surface area contributed by atoms with Crippen molar-refractivity contribution >= 4 is 22.7 Å². The monoisotopic (exact) mass is 376 g/mol. The summed E-state index contributed by atoms with van der Waals surface area (Å²) in [6.45, 7) is 3.10. The third kappa shape index (κ3) is 3.26. The number of pyridine rings is 1. The lowest BCUT2D eigenvalue weighted by atomic mass is 9.95. The summed E-state index contributed by atoms with van der Waals surface area (Å²) < 4.78 is 2.00. The third-order valence-electron chi connectivity index (χ3n) is 5.59. The maximum absolute atomic E-state index is 13.4. The molecule has 2 N–H and O–H groups in total. The number of nitrogens with zero attached hydrogens (tertiary/aromatic N) is 3. The van der Waals surface area contributed by atoms with Crippen molar-refractivity contribution in [2.45, 2.75) is 19.8 Å². The molecule has 6 nitrogen and oxygen atoms in total. The minimum atomic E-state index is -0.275. The van der Waals surface area contributed by atoms with Crippen molar-refractivity contribution in [2.75, 3.05) is 13.1 Å². The molecule has 1 aliphatic heterocycles. The summed E-state index contributed by atoms with van der Waals surface area (Å²) in [4.78, 5) is 31.4. The highest BCUT2D eigenvalue weighted by atomic mass is 16.2. The molecule has 4 rings (SSSR count). The van der Waals surface area contributed by atoms with Gasteiger partial charge in [0.05, 0.1) is 22.5 Å². The number of benzene rings is 1. The minimum Gasteiger partial charge on any atom is -0.369 e. The van der Waals surface area contributed by atoms with Crippen LogP contribution in [-0.4, -0.2) is 39.4 Å². The maximum atomic E-state index is 13.4. The first-order valence-corrected chi connectivity index (χ1v) is 9.56. The van der Waals surface area contributed by atoms with Crippen LogP contribution in [0, 0.1) is 12.8 Å². The molecule has 3 heterocycles. The van der Waals surface area contributed by atoms with Crippen molar-refractivity contribution in [2.24, 2.45) is 18.7 Å². The zero-order chi connectivity index (χ0) is 19.8. The second-order valence-electron chi connectivity index (χ2n) is 7.55. The molecule has 0 unspecified atom stereocenters. The Bertz CT molecular complexity index is 1060. The Morgan fingerprint density at radius 1 is 1.14 bits per heavy atom. The quantitative estimate of drug-likeness (QED) is 0.763. The van der Waals surface area contributed by atoms with Crippen LogP contribution in [0.15, 0.2) is 42.6 Å². The van der Waals surface area contributed by atoms with Crippen LogP contribution in [0.4, 0.5) is 0 Å². The van der Waals surface area contributed by atoms with Gasteiger partial charge in [-0.1, -0.05) is 11.6 Å². The van der Waals surface area contributed by atoms with Crippen LogP contribution in [0.5, 0.6) is 0 Å². The Balaban J connectivity index is 1.76. The van der Waals surface area contributed by atoms with E-state index in [1.807, 2.05) is 66.0 Å². The number of aromatic nitrogens is 2. The molecule has 0 bridgehead atoms. The van der Waals surface area contributed by atoms with Crippen molar-refractivity contribution in [1.82, 2.24) is 14.5 Å². The van der Waals surface area contributed by atoms with Gasteiger partial charge in [-0.15, -0.1) is 0 Å². The Morgan fingerprint density at radius 3 is 2.54 bits per heavy atom. The van der Waals surface area contributed by atoms with E-state index in [0.717, 1.165) is 27.9 Å². The molecule has 2 aromatic heterocycles. The average molecular weight is 376 g/mol. The molecule has 0 atom stereocenters. The van der Waals surface area contributed by atoms with Gasteiger partial charge in [0.1, 0.15) is 0 Å². The van der Waals surface area contributed by atoms with Crippen molar-refractivity contribution in [1.29, 1.82) is 0 Å². The van der Waals surface area contributed by atoms with Gasteiger partial charge < -0.3 is 15.2 Å². The predicted octanol–water partition coefficient (Wildman–Crippen LogP) is 2.89. The zero-order valence-corrected chi connectivity index (χ0v) is 16.2. The number of amides is 2. The molecule has 144 valence electrons. The lowest BCUT2D eigenvalue weighted by Crippen LogP contribution is -2.41. The first kappa shape index (κ1) is 18.2. The number of piperidine rings is 1. The number of primary amides is 1. The predicted molar refractivity (Wildman–Crippen MR) is 109 cm³/mol.